The molecule has 0 bridgehead atoms. The van der Waals surface area contributed by atoms with Crippen LogP contribution in [0.5, 0.6) is 5.75 Å². The first kappa shape index (κ1) is 29.3. The zero-order valence-electron chi connectivity index (χ0n) is 21.6. The van der Waals surface area contributed by atoms with Crippen LogP contribution in [0.25, 0.3) is 0 Å². The topological polar surface area (TPSA) is 154 Å². The number of alkyl carbamates (subject to hydrolysis) is 1. The molecule has 4 N–H and O–H groups in total. The molecule has 0 saturated carbocycles. The number of ketones is 1. The van der Waals surface area contributed by atoms with Gasteiger partial charge in [0.2, 0.25) is 0 Å². The van der Waals surface area contributed by atoms with Gasteiger partial charge < -0.3 is 30.4 Å². The highest BCUT2D eigenvalue weighted by Crippen LogP contribution is 2.33. The van der Waals surface area contributed by atoms with Crippen molar-refractivity contribution in [3.8, 4) is 5.75 Å². The highest BCUT2D eigenvalue weighted by molar-refractivity contribution is 6.00. The van der Waals surface area contributed by atoms with Gasteiger partial charge in [0, 0.05) is 0 Å². The van der Waals surface area contributed by atoms with Crippen molar-refractivity contribution in [2.75, 3.05) is 7.11 Å². The summed E-state index contributed by atoms with van der Waals surface area (Å²) in [7, 11) is 1.11. The number of phenolic OH excluding ortho intramolecular Hbond substituents is 1. The van der Waals surface area contributed by atoms with Crippen LogP contribution in [0.15, 0.2) is 54.6 Å². The first-order valence-corrected chi connectivity index (χ1v) is 11.6. The fourth-order valence-corrected chi connectivity index (χ4v) is 3.71. The maximum absolute atomic E-state index is 13.7. The van der Waals surface area contributed by atoms with Gasteiger partial charge in [0.15, 0.2) is 11.3 Å². The predicted molar refractivity (Wildman–Crippen MR) is 134 cm³/mol. The molecule has 37 heavy (non-hydrogen) atoms. The number of benzene rings is 2. The Morgan fingerprint density at radius 3 is 2.11 bits per heavy atom. The van der Waals surface area contributed by atoms with Gasteiger partial charge in [0.25, 0.3) is 0 Å². The van der Waals surface area contributed by atoms with Crippen LogP contribution in [0.3, 0.4) is 0 Å². The highest BCUT2D eigenvalue weighted by Gasteiger charge is 2.50. The lowest BCUT2D eigenvalue weighted by Crippen LogP contribution is -2.61. The largest absolute Gasteiger partial charge is 0.508 e. The molecule has 1 unspecified atom stereocenters. The predicted octanol–water partition coefficient (Wildman–Crippen LogP) is 2.96. The minimum Gasteiger partial charge on any atom is -0.508 e. The van der Waals surface area contributed by atoms with E-state index < -0.39 is 53.3 Å². The molecule has 1 amide bonds. The van der Waals surface area contributed by atoms with E-state index in [1.807, 2.05) is 6.07 Å². The summed E-state index contributed by atoms with van der Waals surface area (Å²) in [4.78, 5) is 51.8. The summed E-state index contributed by atoms with van der Waals surface area (Å²) >= 11 is 0. The number of carbonyl (C=O) groups excluding carboxylic acids is 4. The summed E-state index contributed by atoms with van der Waals surface area (Å²) in [5.74, 6) is -3.86. The molecule has 2 aromatic carbocycles. The van der Waals surface area contributed by atoms with Gasteiger partial charge >= 0.3 is 18.0 Å². The standard InChI is InChI=1S/C27H34N2O8/c1-26(2,3)37-25(34)29-27(4,24(33)35-5)22(18-11-13-19(30)14-12-18)23(32)20(28)15-21(31)36-16-17-9-7-6-8-10-17/h6-14,20,22,30H,15-16,28H2,1-5H3,(H,29,34)/t20-,22?,27-/m0/s1. The SMILES string of the molecule is COC(=O)[C@@](C)(NC(=O)OC(C)(C)C)C(C(=O)[C@@H](N)CC(=O)OCc1ccccc1)c1ccc(O)cc1. The van der Waals surface area contributed by atoms with Crippen molar-refractivity contribution in [2.45, 2.75) is 63.8 Å². The van der Waals surface area contributed by atoms with Gasteiger partial charge in [0.1, 0.15) is 18.0 Å². The number of nitrogens with one attached hydrogen (secondary N) is 1. The van der Waals surface area contributed by atoms with E-state index in [1.54, 1.807) is 45.0 Å². The molecule has 0 aliphatic rings. The number of rotatable bonds is 10. The number of hydrogen-bond donors (Lipinski definition) is 3. The van der Waals surface area contributed by atoms with Gasteiger partial charge in [-0.15, -0.1) is 0 Å². The summed E-state index contributed by atoms with van der Waals surface area (Å²) in [5, 5.41) is 12.2. The molecule has 0 fully saturated rings. The molecular weight excluding hydrogens is 480 g/mol. The zero-order valence-corrected chi connectivity index (χ0v) is 21.6. The normalized spacial score (nSPS) is 14.4. The fraction of sp³-hybridized carbons (Fsp3) is 0.407. The molecule has 2 aromatic rings. The Hall–Kier alpha value is -3.92. The van der Waals surface area contributed by atoms with Gasteiger partial charge in [-0.2, -0.15) is 0 Å². The van der Waals surface area contributed by atoms with Crippen LogP contribution >= 0.6 is 0 Å². The number of phenols is 1. The van der Waals surface area contributed by atoms with E-state index in [4.69, 9.17) is 19.9 Å². The lowest BCUT2D eigenvalue weighted by Gasteiger charge is -2.36. The Bertz CT molecular complexity index is 1100. The average Bonchev–Trinajstić information content (AvgIpc) is 2.82. The van der Waals surface area contributed by atoms with Crippen molar-refractivity contribution in [1.29, 1.82) is 0 Å². The van der Waals surface area contributed by atoms with Crippen LogP contribution in [0.1, 0.15) is 51.2 Å². The van der Waals surface area contributed by atoms with Crippen molar-refractivity contribution < 1.29 is 38.5 Å². The minimum absolute atomic E-state index is 0.00203. The Labute approximate surface area is 216 Å². The maximum atomic E-state index is 13.7. The number of aromatic hydroxyl groups is 1. The van der Waals surface area contributed by atoms with Crippen molar-refractivity contribution in [3.05, 3.63) is 65.7 Å². The van der Waals surface area contributed by atoms with E-state index in [0.717, 1.165) is 12.7 Å². The van der Waals surface area contributed by atoms with Crippen LogP contribution in [-0.4, -0.2) is 53.2 Å². The van der Waals surface area contributed by atoms with E-state index in [1.165, 1.54) is 31.2 Å². The van der Waals surface area contributed by atoms with E-state index in [9.17, 15) is 24.3 Å². The average molecular weight is 515 g/mol. The van der Waals surface area contributed by atoms with Crippen LogP contribution in [0, 0.1) is 0 Å². The number of Topliss-reactive ketones (excluding diaryl/α,β-unsaturated/α-hetero) is 1. The van der Waals surface area contributed by atoms with Crippen LogP contribution in [-0.2, 0) is 35.2 Å². The van der Waals surface area contributed by atoms with Gasteiger partial charge in [-0.1, -0.05) is 42.5 Å². The minimum atomic E-state index is -1.98. The lowest BCUT2D eigenvalue weighted by molar-refractivity contribution is -0.151. The number of amides is 1. The third-order valence-corrected chi connectivity index (χ3v) is 5.45. The Morgan fingerprint density at radius 1 is 0.973 bits per heavy atom. The number of carbonyl (C=O) groups is 4. The molecule has 0 aliphatic heterocycles. The number of hydrogen-bond acceptors (Lipinski definition) is 9. The van der Waals surface area contributed by atoms with E-state index >= 15 is 0 Å². The molecule has 10 heteroatoms. The van der Waals surface area contributed by atoms with E-state index in [2.05, 4.69) is 5.32 Å². The zero-order chi connectivity index (χ0) is 27.8. The van der Waals surface area contributed by atoms with Crippen molar-refractivity contribution in [2.24, 2.45) is 5.73 Å². The quantitative estimate of drug-likeness (QED) is 0.321. The molecule has 10 nitrogen and oxygen atoms in total. The second-order valence-electron chi connectivity index (χ2n) is 9.70. The molecule has 3 atom stereocenters. The number of esters is 2. The summed E-state index contributed by atoms with van der Waals surface area (Å²) in [6, 6.07) is 13.1. The summed E-state index contributed by atoms with van der Waals surface area (Å²) in [6.45, 7) is 6.23. The lowest BCUT2D eigenvalue weighted by atomic mass is 9.75. The van der Waals surface area contributed by atoms with Gasteiger partial charge in [-0.05, 0) is 51.0 Å². The molecule has 0 spiro atoms. The Balaban J connectivity index is 2.36. The van der Waals surface area contributed by atoms with E-state index in [-0.39, 0.29) is 17.9 Å². The number of nitrogens with two attached hydrogens (primary N) is 1. The maximum Gasteiger partial charge on any atom is 0.408 e. The molecule has 0 heterocycles. The molecule has 0 radical (unpaired) electrons. The molecule has 0 aliphatic carbocycles. The van der Waals surface area contributed by atoms with Gasteiger partial charge in [-0.3, -0.25) is 9.59 Å². The van der Waals surface area contributed by atoms with Gasteiger partial charge in [-0.25, -0.2) is 9.59 Å². The fourth-order valence-electron chi connectivity index (χ4n) is 3.71. The van der Waals surface area contributed by atoms with Crippen LogP contribution in [0.2, 0.25) is 0 Å². The smallest absolute Gasteiger partial charge is 0.408 e. The Morgan fingerprint density at radius 2 is 1.57 bits per heavy atom. The molecule has 0 aromatic heterocycles. The second-order valence-corrected chi connectivity index (χ2v) is 9.70. The number of methoxy groups -OCH3 is 1. The molecule has 2 rings (SSSR count). The molecular formula is C27H34N2O8. The summed E-state index contributed by atoms with van der Waals surface area (Å²) in [6.07, 6.45) is -1.43. The van der Waals surface area contributed by atoms with Crippen LogP contribution in [0.4, 0.5) is 4.79 Å². The first-order chi connectivity index (χ1) is 17.3. The molecule has 0 saturated heterocycles. The third-order valence-electron chi connectivity index (χ3n) is 5.45. The third kappa shape index (κ3) is 8.32. The summed E-state index contributed by atoms with van der Waals surface area (Å²) in [5.41, 5.74) is 4.28. The van der Waals surface area contributed by atoms with E-state index in [0.29, 0.717) is 0 Å². The van der Waals surface area contributed by atoms with Crippen LogP contribution < -0.4 is 11.1 Å². The number of ether oxygens (including phenoxy) is 3. The monoisotopic (exact) mass is 514 g/mol. The van der Waals surface area contributed by atoms with Gasteiger partial charge in [0.05, 0.1) is 25.5 Å². The highest BCUT2D eigenvalue weighted by atomic mass is 16.6. The molecule has 200 valence electrons. The summed E-state index contributed by atoms with van der Waals surface area (Å²) < 4.78 is 15.5. The van der Waals surface area contributed by atoms with Crippen molar-refractivity contribution >= 4 is 23.8 Å². The first-order valence-electron chi connectivity index (χ1n) is 11.6. The van der Waals surface area contributed by atoms with Crippen molar-refractivity contribution in [3.63, 3.8) is 0 Å². The van der Waals surface area contributed by atoms with Crippen molar-refractivity contribution in [1.82, 2.24) is 5.32 Å². The second kappa shape index (κ2) is 12.4. The Kier molecular flexibility index (Phi) is 9.79.